The maximum atomic E-state index is 13.9. The van der Waals surface area contributed by atoms with Crippen molar-refractivity contribution < 1.29 is 19.1 Å². The van der Waals surface area contributed by atoms with Gasteiger partial charge in [-0.3, -0.25) is 0 Å². The van der Waals surface area contributed by atoms with Crippen LogP contribution in [0.2, 0.25) is 78.6 Å². The van der Waals surface area contributed by atoms with E-state index in [0.29, 0.717) is 0 Å². The zero-order chi connectivity index (χ0) is 36.4. The Morgan fingerprint density at radius 1 is 0.531 bits per heavy atom. The minimum Gasteiger partial charge on any atom is -0.466 e. The predicted octanol–water partition coefficient (Wildman–Crippen LogP) is 7.76. The Bertz CT molecular complexity index is 2020. The lowest BCUT2D eigenvalue weighted by Gasteiger charge is -2.47. The zero-order valence-corrected chi connectivity index (χ0v) is 36.5. The summed E-state index contributed by atoms with van der Waals surface area (Å²) >= 11 is 8.03. The molecule has 9 heteroatoms. The van der Waals surface area contributed by atoms with E-state index in [1.807, 2.05) is 0 Å². The van der Waals surface area contributed by atoms with E-state index in [1.165, 1.54) is 35.0 Å². The number of carbonyl (C=O) groups excluding carboxylic acids is 2. The molecule has 0 spiro atoms. The lowest BCUT2D eigenvalue weighted by atomic mass is 9.59. The number of alkyl halides is 1. The van der Waals surface area contributed by atoms with Crippen molar-refractivity contribution in [2.75, 3.05) is 14.2 Å². The Morgan fingerprint density at radius 2 is 0.837 bits per heavy atom. The summed E-state index contributed by atoms with van der Waals surface area (Å²) in [5.41, 5.74) is 4.04. The Kier molecular flexibility index (Phi) is 8.36. The van der Waals surface area contributed by atoms with Crippen molar-refractivity contribution in [3.05, 3.63) is 81.9 Å². The van der Waals surface area contributed by atoms with Crippen molar-refractivity contribution in [3.63, 3.8) is 0 Å². The van der Waals surface area contributed by atoms with Crippen molar-refractivity contribution in [1.82, 2.24) is 0 Å². The minimum absolute atomic E-state index is 0.167. The third kappa shape index (κ3) is 5.57. The van der Waals surface area contributed by atoms with E-state index in [0.717, 1.165) is 43.8 Å². The van der Waals surface area contributed by atoms with E-state index < -0.39 is 55.0 Å². The highest BCUT2D eigenvalue weighted by atomic mass is 35.5. The molecule has 0 fully saturated rings. The fraction of sp³-hybridized carbons (Fsp3) is 0.400. The van der Waals surface area contributed by atoms with Crippen LogP contribution in [0.3, 0.4) is 0 Å². The molecular formula is C40H51ClO4Si4. The van der Waals surface area contributed by atoms with E-state index in [-0.39, 0.29) is 11.1 Å². The summed E-state index contributed by atoms with van der Waals surface area (Å²) in [6, 6.07) is 18.4. The van der Waals surface area contributed by atoms with Gasteiger partial charge in [0.15, 0.2) is 0 Å². The van der Waals surface area contributed by atoms with Crippen LogP contribution in [0.25, 0.3) is 21.5 Å². The first-order chi connectivity index (χ1) is 22.4. The van der Waals surface area contributed by atoms with Crippen LogP contribution in [0.5, 0.6) is 0 Å². The van der Waals surface area contributed by atoms with Gasteiger partial charge in [0, 0.05) is 5.92 Å². The second-order valence-corrected chi connectivity index (χ2v) is 39.0. The fourth-order valence-corrected chi connectivity index (χ4v) is 19.1. The Hall–Kier alpha value is -2.76. The number of esters is 2. The van der Waals surface area contributed by atoms with Gasteiger partial charge in [-0.2, -0.15) is 0 Å². The van der Waals surface area contributed by atoms with Crippen molar-refractivity contribution in [3.8, 4) is 0 Å². The Balaban J connectivity index is 1.77. The molecule has 0 radical (unpaired) electrons. The van der Waals surface area contributed by atoms with Gasteiger partial charge >= 0.3 is 11.9 Å². The molecule has 0 N–H and O–H groups in total. The summed E-state index contributed by atoms with van der Waals surface area (Å²) in [7, 11) is -4.09. The first-order valence-corrected chi connectivity index (χ1v) is 31.7. The molecule has 0 saturated carbocycles. The first-order valence-electron chi connectivity index (χ1n) is 17.3. The molecule has 0 unspecified atom stereocenters. The maximum Gasteiger partial charge on any atom is 0.336 e. The number of fused-ring (bicyclic) bond motifs is 2. The summed E-state index contributed by atoms with van der Waals surface area (Å²) in [6.45, 7) is 28.9. The van der Waals surface area contributed by atoms with E-state index in [9.17, 15) is 9.59 Å². The number of hydrogen-bond donors (Lipinski definition) is 0. The molecule has 0 saturated heterocycles. The molecule has 0 amide bonds. The van der Waals surface area contributed by atoms with Gasteiger partial charge < -0.3 is 9.47 Å². The SMILES string of the molecule is COC(=O)C1=C(C(=O)OC)C2(Cl)c3cc4cc([Si](C)(C)C)c([Si](C)(C)C)cc4cc3C1c1cc3cc([Si](C)(C)C)c([Si](C)(C)C)cc3cc12. The minimum atomic E-state index is -1.71. The fourth-order valence-electron chi connectivity index (χ4n) is 8.20. The lowest BCUT2D eigenvalue weighted by Crippen LogP contribution is -2.56. The molecule has 3 aliphatic rings. The first kappa shape index (κ1) is 36.0. The third-order valence-electron chi connectivity index (χ3n) is 10.6. The molecule has 0 atom stereocenters. The van der Waals surface area contributed by atoms with Crippen LogP contribution in [0, 0.1) is 0 Å². The van der Waals surface area contributed by atoms with E-state index in [1.54, 1.807) is 0 Å². The van der Waals surface area contributed by atoms with Crippen LogP contribution >= 0.6 is 11.6 Å². The number of halogens is 1. The third-order valence-corrected chi connectivity index (χ3v) is 19.8. The highest BCUT2D eigenvalue weighted by Crippen LogP contribution is 2.62. The van der Waals surface area contributed by atoms with Crippen molar-refractivity contribution in [2.24, 2.45) is 0 Å². The number of carbonyl (C=O) groups is 2. The topological polar surface area (TPSA) is 52.6 Å². The van der Waals surface area contributed by atoms with E-state index in [4.69, 9.17) is 21.1 Å². The van der Waals surface area contributed by atoms with Crippen LogP contribution in [0.1, 0.15) is 28.2 Å². The standard InChI is InChI=1S/C40H51ClO4Si4/c1-44-38(42)36-35-27-15-23-19-31(46(3,4)5)33(48(9,10)11)21-25(23)17-29(27)40(41,37(36)39(43)45-2)30-18-26-22-34(49(12,13)14)32(47(6,7)8)20-24(26)16-28(30)35/h15-22,35H,1-14H3. The zero-order valence-electron chi connectivity index (χ0n) is 31.7. The number of ether oxygens (including phenoxy) is 2. The molecule has 0 heterocycles. The van der Waals surface area contributed by atoms with Gasteiger partial charge in [0.2, 0.25) is 0 Å². The van der Waals surface area contributed by atoms with Crippen LogP contribution < -0.4 is 20.7 Å². The normalized spacial score (nSPS) is 19.3. The molecule has 258 valence electrons. The van der Waals surface area contributed by atoms with Crippen LogP contribution in [0.15, 0.2) is 59.7 Å². The Morgan fingerprint density at radius 3 is 1.12 bits per heavy atom. The quantitative estimate of drug-likeness (QED) is 0.115. The molecule has 4 aromatic rings. The predicted molar refractivity (Wildman–Crippen MR) is 219 cm³/mol. The van der Waals surface area contributed by atoms with Gasteiger partial charge in [-0.1, -0.05) is 124 Å². The van der Waals surface area contributed by atoms with Crippen molar-refractivity contribution >= 4 is 98.1 Å². The number of rotatable bonds is 6. The molecule has 4 nitrogen and oxygen atoms in total. The summed E-state index contributed by atoms with van der Waals surface area (Å²) in [5.74, 6) is -1.69. The summed E-state index contributed by atoms with van der Waals surface area (Å²) < 4.78 is 10.8. The van der Waals surface area contributed by atoms with E-state index in [2.05, 4.69) is 127 Å². The molecule has 4 aromatic carbocycles. The summed E-state index contributed by atoms with van der Waals surface area (Å²) in [5, 5.41) is 10.4. The Labute approximate surface area is 301 Å². The van der Waals surface area contributed by atoms with Crippen LogP contribution in [-0.4, -0.2) is 58.5 Å². The van der Waals surface area contributed by atoms with Crippen molar-refractivity contribution in [2.45, 2.75) is 89.4 Å². The smallest absolute Gasteiger partial charge is 0.336 e. The number of hydrogen-bond acceptors (Lipinski definition) is 4. The second-order valence-electron chi connectivity index (χ2n) is 18.2. The number of benzene rings is 4. The molecule has 0 aliphatic heterocycles. The molecule has 7 rings (SSSR count). The van der Waals surface area contributed by atoms with Crippen LogP contribution in [0.4, 0.5) is 0 Å². The van der Waals surface area contributed by atoms with Crippen molar-refractivity contribution in [1.29, 1.82) is 0 Å². The van der Waals surface area contributed by atoms with Gasteiger partial charge in [0.1, 0.15) is 4.87 Å². The highest BCUT2D eigenvalue weighted by Gasteiger charge is 2.57. The van der Waals surface area contributed by atoms with E-state index >= 15 is 0 Å². The second kappa shape index (κ2) is 11.4. The van der Waals surface area contributed by atoms with Gasteiger partial charge in [-0.15, -0.1) is 11.6 Å². The highest BCUT2D eigenvalue weighted by molar-refractivity contribution is 6.99. The largest absolute Gasteiger partial charge is 0.466 e. The number of methoxy groups -OCH3 is 2. The van der Waals surface area contributed by atoms with Gasteiger partial charge in [0.05, 0.1) is 57.7 Å². The van der Waals surface area contributed by atoms with Crippen LogP contribution in [-0.2, 0) is 23.9 Å². The lowest BCUT2D eigenvalue weighted by molar-refractivity contribution is -0.140. The molecule has 0 aromatic heterocycles. The molecule has 49 heavy (non-hydrogen) atoms. The van der Waals surface area contributed by atoms with Gasteiger partial charge in [-0.05, 0) is 68.1 Å². The average Bonchev–Trinajstić information content (AvgIpc) is 2.99. The molecular weight excluding hydrogens is 692 g/mol. The monoisotopic (exact) mass is 742 g/mol. The average molecular weight is 744 g/mol. The van der Waals surface area contributed by atoms with Gasteiger partial charge in [0.25, 0.3) is 0 Å². The summed E-state index contributed by atoms with van der Waals surface area (Å²) in [6.07, 6.45) is 0. The maximum absolute atomic E-state index is 13.9. The molecule has 3 aliphatic carbocycles. The van der Waals surface area contributed by atoms with Gasteiger partial charge in [-0.25, -0.2) is 9.59 Å². The summed E-state index contributed by atoms with van der Waals surface area (Å²) in [4.78, 5) is 26.3. The molecule has 2 bridgehead atoms.